The fourth-order valence-electron chi connectivity index (χ4n) is 3.04. The van der Waals surface area contributed by atoms with Crippen molar-refractivity contribution in [3.8, 4) is 11.5 Å². The first kappa shape index (κ1) is 19.5. The van der Waals surface area contributed by atoms with Crippen LogP contribution in [0.2, 0.25) is 0 Å². The van der Waals surface area contributed by atoms with Gasteiger partial charge < -0.3 is 23.7 Å². The summed E-state index contributed by atoms with van der Waals surface area (Å²) in [6.45, 7) is 4.44. The molecule has 148 valence electrons. The van der Waals surface area contributed by atoms with E-state index in [1.165, 1.54) is 12.5 Å². The molecule has 0 radical (unpaired) electrons. The zero-order chi connectivity index (χ0) is 19.9. The van der Waals surface area contributed by atoms with Crippen molar-refractivity contribution in [2.75, 3.05) is 39.9 Å². The van der Waals surface area contributed by atoms with Crippen LogP contribution in [0.1, 0.15) is 22.8 Å². The predicted octanol–water partition coefficient (Wildman–Crippen LogP) is 2.68. The van der Waals surface area contributed by atoms with Crippen molar-refractivity contribution < 1.29 is 23.5 Å². The summed E-state index contributed by atoms with van der Waals surface area (Å²) in [5, 5.41) is 0. The monoisotopic (exact) mass is 384 g/mol. The molecule has 0 N–H and O–H groups in total. The zero-order valence-corrected chi connectivity index (χ0v) is 16.1. The fourth-order valence-corrected chi connectivity index (χ4v) is 3.04. The van der Waals surface area contributed by atoms with Gasteiger partial charge in [0.15, 0.2) is 11.5 Å². The number of hydrogen-bond acceptors (Lipinski definition) is 5. The molecule has 0 bridgehead atoms. The van der Waals surface area contributed by atoms with Crippen molar-refractivity contribution >= 4 is 17.9 Å². The van der Waals surface area contributed by atoms with Crippen LogP contribution in [0, 0.1) is 0 Å². The number of amides is 2. The standard InChI is InChI=1S/C21H24N2O5/c1-3-28-19-14-16(4-6-18(19)26-2)5-7-20(24)22-9-11-23(12-10-22)21(25)17-8-13-27-15-17/h4-8,13-15H,3,9-12H2,1-2H3/b7-5+. The van der Waals surface area contributed by atoms with Gasteiger partial charge in [0.2, 0.25) is 5.91 Å². The normalized spacial score (nSPS) is 14.4. The first-order valence-electron chi connectivity index (χ1n) is 9.21. The third kappa shape index (κ3) is 4.54. The summed E-state index contributed by atoms with van der Waals surface area (Å²) in [6.07, 6.45) is 6.22. The number of methoxy groups -OCH3 is 1. The minimum Gasteiger partial charge on any atom is -0.493 e. The van der Waals surface area contributed by atoms with Gasteiger partial charge in [0.1, 0.15) is 6.26 Å². The van der Waals surface area contributed by atoms with Crippen LogP contribution in [0.5, 0.6) is 11.5 Å². The molecule has 7 nitrogen and oxygen atoms in total. The van der Waals surface area contributed by atoms with E-state index in [-0.39, 0.29) is 11.8 Å². The first-order chi connectivity index (χ1) is 13.6. The van der Waals surface area contributed by atoms with Gasteiger partial charge in [-0.05, 0) is 36.8 Å². The van der Waals surface area contributed by atoms with E-state index < -0.39 is 0 Å². The highest BCUT2D eigenvalue weighted by Crippen LogP contribution is 2.28. The van der Waals surface area contributed by atoms with E-state index in [2.05, 4.69) is 0 Å². The van der Waals surface area contributed by atoms with Crippen LogP contribution in [-0.4, -0.2) is 61.5 Å². The van der Waals surface area contributed by atoms with Gasteiger partial charge in [-0.15, -0.1) is 0 Å². The fraction of sp³-hybridized carbons (Fsp3) is 0.333. The Kier molecular flexibility index (Phi) is 6.37. The minimum atomic E-state index is -0.0795. The van der Waals surface area contributed by atoms with Crippen LogP contribution < -0.4 is 9.47 Å². The molecule has 2 heterocycles. The highest BCUT2D eigenvalue weighted by atomic mass is 16.5. The summed E-state index contributed by atoms with van der Waals surface area (Å²) in [5.74, 6) is 1.15. The Morgan fingerprint density at radius 1 is 1.11 bits per heavy atom. The lowest BCUT2D eigenvalue weighted by Gasteiger charge is -2.34. The smallest absolute Gasteiger partial charge is 0.257 e. The second kappa shape index (κ2) is 9.12. The summed E-state index contributed by atoms with van der Waals surface area (Å²) < 4.78 is 15.8. The van der Waals surface area contributed by atoms with Gasteiger partial charge in [-0.25, -0.2) is 0 Å². The number of hydrogen-bond donors (Lipinski definition) is 0. The van der Waals surface area contributed by atoms with Gasteiger partial charge in [-0.3, -0.25) is 9.59 Å². The molecule has 1 aliphatic rings. The largest absolute Gasteiger partial charge is 0.493 e. The molecule has 0 saturated carbocycles. The van der Waals surface area contributed by atoms with Crippen molar-refractivity contribution in [1.29, 1.82) is 0 Å². The molecule has 1 aromatic carbocycles. The molecule has 2 amide bonds. The average molecular weight is 384 g/mol. The minimum absolute atomic E-state index is 0.0712. The predicted molar refractivity (Wildman–Crippen MR) is 104 cm³/mol. The van der Waals surface area contributed by atoms with Crippen LogP contribution >= 0.6 is 0 Å². The van der Waals surface area contributed by atoms with Gasteiger partial charge in [0.05, 0.1) is 25.5 Å². The molecule has 1 aliphatic heterocycles. The van der Waals surface area contributed by atoms with Crippen LogP contribution in [0.15, 0.2) is 47.3 Å². The van der Waals surface area contributed by atoms with Gasteiger partial charge in [-0.1, -0.05) is 6.07 Å². The third-order valence-corrected chi connectivity index (χ3v) is 4.55. The molecule has 1 fully saturated rings. The maximum absolute atomic E-state index is 12.5. The van der Waals surface area contributed by atoms with E-state index in [0.29, 0.717) is 49.8 Å². The number of rotatable bonds is 6. The molecule has 0 spiro atoms. The zero-order valence-electron chi connectivity index (χ0n) is 16.1. The third-order valence-electron chi connectivity index (χ3n) is 4.55. The number of furan rings is 1. The summed E-state index contributed by atoms with van der Waals surface area (Å²) >= 11 is 0. The summed E-state index contributed by atoms with van der Waals surface area (Å²) in [4.78, 5) is 28.3. The Morgan fingerprint density at radius 2 is 1.86 bits per heavy atom. The topological polar surface area (TPSA) is 72.2 Å². The molecule has 2 aromatic rings. The van der Waals surface area contributed by atoms with Crippen molar-refractivity contribution in [1.82, 2.24) is 9.80 Å². The van der Waals surface area contributed by atoms with Crippen molar-refractivity contribution in [2.24, 2.45) is 0 Å². The molecule has 0 atom stereocenters. The number of ether oxygens (including phenoxy) is 2. The van der Waals surface area contributed by atoms with Crippen LogP contribution in [0.25, 0.3) is 6.08 Å². The number of nitrogens with zero attached hydrogens (tertiary/aromatic N) is 2. The summed E-state index contributed by atoms with van der Waals surface area (Å²) in [5.41, 5.74) is 1.38. The molecular formula is C21H24N2O5. The molecule has 28 heavy (non-hydrogen) atoms. The quantitative estimate of drug-likeness (QED) is 0.716. The highest BCUT2D eigenvalue weighted by molar-refractivity contribution is 5.94. The second-order valence-electron chi connectivity index (χ2n) is 6.31. The van der Waals surface area contributed by atoms with E-state index in [1.54, 1.807) is 35.1 Å². The van der Waals surface area contributed by atoms with Crippen LogP contribution in [0.3, 0.4) is 0 Å². The number of carbonyl (C=O) groups excluding carboxylic acids is 2. The maximum Gasteiger partial charge on any atom is 0.257 e. The Hall–Kier alpha value is -3.22. The van der Waals surface area contributed by atoms with Gasteiger partial charge in [0.25, 0.3) is 5.91 Å². The maximum atomic E-state index is 12.5. The molecular weight excluding hydrogens is 360 g/mol. The van der Waals surface area contributed by atoms with Gasteiger partial charge >= 0.3 is 0 Å². The van der Waals surface area contributed by atoms with E-state index in [4.69, 9.17) is 13.9 Å². The van der Waals surface area contributed by atoms with E-state index in [9.17, 15) is 9.59 Å². The molecule has 1 aromatic heterocycles. The van der Waals surface area contributed by atoms with Crippen molar-refractivity contribution in [3.63, 3.8) is 0 Å². The lowest BCUT2D eigenvalue weighted by atomic mass is 10.1. The van der Waals surface area contributed by atoms with Gasteiger partial charge in [0, 0.05) is 32.3 Å². The Bertz CT molecular complexity index is 836. The SMILES string of the molecule is CCOc1cc(/C=C/C(=O)N2CCN(C(=O)c3ccoc3)CC2)ccc1OC. The molecule has 0 unspecified atom stereocenters. The lowest BCUT2D eigenvalue weighted by molar-refractivity contribution is -0.127. The number of carbonyl (C=O) groups is 2. The van der Waals surface area contributed by atoms with Gasteiger partial charge in [-0.2, -0.15) is 0 Å². The molecule has 0 aliphatic carbocycles. The Labute approximate surface area is 164 Å². The van der Waals surface area contributed by atoms with E-state index in [0.717, 1.165) is 5.56 Å². The highest BCUT2D eigenvalue weighted by Gasteiger charge is 2.24. The van der Waals surface area contributed by atoms with Crippen molar-refractivity contribution in [3.05, 3.63) is 54.0 Å². The molecule has 3 rings (SSSR count). The lowest BCUT2D eigenvalue weighted by Crippen LogP contribution is -2.50. The van der Waals surface area contributed by atoms with E-state index >= 15 is 0 Å². The van der Waals surface area contributed by atoms with Crippen molar-refractivity contribution in [2.45, 2.75) is 6.92 Å². The number of benzene rings is 1. The molecule has 1 saturated heterocycles. The summed E-state index contributed by atoms with van der Waals surface area (Å²) in [7, 11) is 1.59. The summed E-state index contributed by atoms with van der Waals surface area (Å²) in [6, 6.07) is 7.17. The Morgan fingerprint density at radius 3 is 2.50 bits per heavy atom. The van der Waals surface area contributed by atoms with Crippen LogP contribution in [0.4, 0.5) is 0 Å². The Balaban J connectivity index is 1.57. The average Bonchev–Trinajstić information content (AvgIpc) is 3.27. The number of piperazine rings is 1. The van der Waals surface area contributed by atoms with E-state index in [1.807, 2.05) is 25.1 Å². The first-order valence-corrected chi connectivity index (χ1v) is 9.21. The second-order valence-corrected chi connectivity index (χ2v) is 6.31. The van der Waals surface area contributed by atoms with Crippen LogP contribution in [-0.2, 0) is 4.79 Å². The molecule has 7 heteroatoms.